The number of hydrogen-bond donors (Lipinski definition) is 2. The van der Waals surface area contributed by atoms with Gasteiger partial charge in [-0.15, -0.1) is 0 Å². The Morgan fingerprint density at radius 3 is 2.82 bits per heavy atom. The van der Waals surface area contributed by atoms with E-state index in [9.17, 15) is 15.0 Å². The first-order chi connectivity index (χ1) is 15.8. The Labute approximate surface area is 196 Å². The monoisotopic (exact) mass is 462 g/mol. The predicted molar refractivity (Wildman–Crippen MR) is 124 cm³/mol. The zero-order valence-electron chi connectivity index (χ0n) is 19.9. The number of carbonyl (C=O) groups is 1. The van der Waals surface area contributed by atoms with Gasteiger partial charge in [-0.25, -0.2) is 4.79 Å². The molecule has 1 aliphatic carbocycles. The fraction of sp³-hybridized carbons (Fsp3) is 0.654. The Hall–Kier alpha value is -1.93. The third-order valence-electron chi connectivity index (χ3n) is 6.34. The largest absolute Gasteiger partial charge is 0.490 e. The third kappa shape index (κ3) is 7.81. The number of aliphatic hydroxyl groups is 2. The Morgan fingerprint density at radius 1 is 1.27 bits per heavy atom. The van der Waals surface area contributed by atoms with Crippen LogP contribution in [-0.4, -0.2) is 67.0 Å². The Morgan fingerprint density at radius 2 is 2.06 bits per heavy atom. The summed E-state index contributed by atoms with van der Waals surface area (Å²) < 4.78 is 22.5. The fourth-order valence-corrected chi connectivity index (χ4v) is 4.66. The van der Waals surface area contributed by atoms with Crippen LogP contribution in [0.1, 0.15) is 38.7 Å². The van der Waals surface area contributed by atoms with E-state index in [1.807, 2.05) is 51.1 Å². The zero-order chi connectivity index (χ0) is 23.8. The summed E-state index contributed by atoms with van der Waals surface area (Å²) in [5.74, 6) is 0.737. The molecule has 1 saturated carbocycles. The number of hydrogen-bond acceptors (Lipinski definition) is 7. The average molecular weight is 463 g/mol. The normalized spacial score (nSPS) is 28.5. The lowest BCUT2D eigenvalue weighted by molar-refractivity contribution is -0.153. The molecule has 0 unspecified atom stereocenters. The number of rotatable bonds is 10. The number of aryl methyl sites for hydroxylation is 1. The van der Waals surface area contributed by atoms with Crippen molar-refractivity contribution in [2.24, 2.45) is 17.8 Å². The van der Waals surface area contributed by atoms with Crippen LogP contribution in [0.2, 0.25) is 0 Å². The molecule has 184 valence electrons. The van der Waals surface area contributed by atoms with Crippen LogP contribution >= 0.6 is 0 Å². The highest BCUT2D eigenvalue weighted by atomic mass is 16.6. The quantitative estimate of drug-likeness (QED) is 0.408. The lowest BCUT2D eigenvalue weighted by atomic mass is 9.87. The maximum Gasteiger partial charge on any atom is 0.332 e. The second-order valence-electron chi connectivity index (χ2n) is 9.44. The summed E-state index contributed by atoms with van der Waals surface area (Å²) >= 11 is 0. The second-order valence-corrected chi connectivity index (χ2v) is 9.44. The van der Waals surface area contributed by atoms with Crippen LogP contribution in [0.15, 0.2) is 36.4 Å². The molecule has 1 saturated heterocycles. The van der Waals surface area contributed by atoms with Crippen LogP contribution in [0.3, 0.4) is 0 Å². The van der Waals surface area contributed by atoms with Crippen LogP contribution in [0.5, 0.6) is 5.75 Å². The molecular weight excluding hydrogens is 424 g/mol. The van der Waals surface area contributed by atoms with Crippen molar-refractivity contribution in [3.05, 3.63) is 42.0 Å². The van der Waals surface area contributed by atoms with Gasteiger partial charge in [-0.05, 0) is 51.2 Å². The van der Waals surface area contributed by atoms with Gasteiger partial charge >= 0.3 is 5.97 Å². The lowest BCUT2D eigenvalue weighted by Gasteiger charge is -2.21. The molecular formula is C26H38O7. The molecule has 7 nitrogen and oxygen atoms in total. The highest BCUT2D eigenvalue weighted by Crippen LogP contribution is 2.41. The summed E-state index contributed by atoms with van der Waals surface area (Å²) in [6, 6.07) is 7.70. The van der Waals surface area contributed by atoms with E-state index in [-0.39, 0.29) is 49.1 Å². The smallest absolute Gasteiger partial charge is 0.332 e. The first kappa shape index (κ1) is 25.7. The lowest BCUT2D eigenvalue weighted by Crippen LogP contribution is -2.22. The number of carbonyl (C=O) groups excluding carboxylic acids is 1. The van der Waals surface area contributed by atoms with E-state index in [4.69, 9.17) is 18.9 Å². The Kier molecular flexibility index (Phi) is 9.74. The molecule has 3 rings (SSSR count). The van der Waals surface area contributed by atoms with Gasteiger partial charge in [0.1, 0.15) is 25.1 Å². The second kappa shape index (κ2) is 12.5. The molecule has 0 spiro atoms. The molecule has 1 aromatic carbocycles. The molecule has 2 N–H and O–H groups in total. The molecule has 1 heterocycles. The first-order valence-electron chi connectivity index (χ1n) is 11.9. The van der Waals surface area contributed by atoms with E-state index in [0.717, 1.165) is 24.2 Å². The van der Waals surface area contributed by atoms with Gasteiger partial charge in [0.2, 0.25) is 0 Å². The standard InChI is InChI=1S/C26H38O7/c1-17(2)33-26(29)16-30-13-19-8-10-22-21(23(28)12-25(22)31-14-19)11-9-20(27)15-32-24-7-5-4-6-18(24)3/h4-7,9,11,17,19-23,25,27-28H,8,10,12-16H2,1-3H3/t19-,20-,21-,22-,23-,25+/m1/s1. The highest BCUT2D eigenvalue weighted by molar-refractivity contribution is 5.70. The van der Waals surface area contributed by atoms with E-state index >= 15 is 0 Å². The van der Waals surface area contributed by atoms with Crippen molar-refractivity contribution >= 4 is 5.97 Å². The molecule has 2 fully saturated rings. The van der Waals surface area contributed by atoms with Crippen LogP contribution in [0, 0.1) is 24.7 Å². The molecule has 0 bridgehead atoms. The topological polar surface area (TPSA) is 94.5 Å². The molecule has 7 heteroatoms. The maximum absolute atomic E-state index is 11.6. The molecule has 2 aliphatic rings. The van der Waals surface area contributed by atoms with Crippen molar-refractivity contribution < 1.29 is 34.0 Å². The Balaban J connectivity index is 1.46. The van der Waals surface area contributed by atoms with Crippen LogP contribution < -0.4 is 4.74 Å². The predicted octanol–water partition coefficient (Wildman–Crippen LogP) is 3.05. The minimum absolute atomic E-state index is 0.00841. The van der Waals surface area contributed by atoms with Crippen molar-refractivity contribution in [1.82, 2.24) is 0 Å². The van der Waals surface area contributed by atoms with E-state index in [2.05, 4.69) is 0 Å². The third-order valence-corrected chi connectivity index (χ3v) is 6.34. The summed E-state index contributed by atoms with van der Waals surface area (Å²) in [5.41, 5.74) is 1.02. The van der Waals surface area contributed by atoms with Crippen molar-refractivity contribution in [3.8, 4) is 5.75 Å². The average Bonchev–Trinajstić information content (AvgIpc) is 2.92. The van der Waals surface area contributed by atoms with E-state index in [0.29, 0.717) is 19.6 Å². The maximum atomic E-state index is 11.6. The van der Waals surface area contributed by atoms with Gasteiger partial charge in [0, 0.05) is 18.3 Å². The summed E-state index contributed by atoms with van der Waals surface area (Å²) in [7, 11) is 0. The number of fused-ring (bicyclic) bond motifs is 1. The molecule has 33 heavy (non-hydrogen) atoms. The van der Waals surface area contributed by atoms with Gasteiger partial charge in [0.15, 0.2) is 0 Å². The van der Waals surface area contributed by atoms with Gasteiger partial charge in [-0.2, -0.15) is 0 Å². The van der Waals surface area contributed by atoms with E-state index in [1.165, 1.54) is 0 Å². The molecule has 1 aliphatic heterocycles. The summed E-state index contributed by atoms with van der Waals surface area (Å²) in [6.07, 6.45) is 4.63. The van der Waals surface area contributed by atoms with Gasteiger partial charge in [0.25, 0.3) is 0 Å². The molecule has 0 aromatic heterocycles. The molecule has 1 aromatic rings. The summed E-state index contributed by atoms with van der Waals surface area (Å²) in [6.45, 7) is 6.70. The fourth-order valence-electron chi connectivity index (χ4n) is 4.66. The highest BCUT2D eigenvalue weighted by Gasteiger charge is 2.43. The van der Waals surface area contributed by atoms with Gasteiger partial charge in [0.05, 0.1) is 31.5 Å². The van der Waals surface area contributed by atoms with Gasteiger partial charge < -0.3 is 29.2 Å². The van der Waals surface area contributed by atoms with Crippen LogP contribution in [-0.2, 0) is 19.0 Å². The first-order valence-corrected chi connectivity index (χ1v) is 11.9. The number of para-hydroxylation sites is 1. The van der Waals surface area contributed by atoms with Crippen molar-refractivity contribution in [2.45, 2.75) is 64.4 Å². The van der Waals surface area contributed by atoms with Crippen molar-refractivity contribution in [3.63, 3.8) is 0 Å². The van der Waals surface area contributed by atoms with Gasteiger partial charge in [-0.1, -0.05) is 30.4 Å². The van der Waals surface area contributed by atoms with Crippen molar-refractivity contribution in [2.75, 3.05) is 26.4 Å². The van der Waals surface area contributed by atoms with E-state index < -0.39 is 12.2 Å². The molecule has 0 amide bonds. The number of esters is 1. The van der Waals surface area contributed by atoms with Crippen molar-refractivity contribution in [1.29, 1.82) is 0 Å². The van der Waals surface area contributed by atoms with E-state index in [1.54, 1.807) is 6.08 Å². The number of ether oxygens (including phenoxy) is 4. The van der Waals surface area contributed by atoms with Gasteiger partial charge in [-0.3, -0.25) is 0 Å². The van der Waals surface area contributed by atoms with Crippen LogP contribution in [0.25, 0.3) is 0 Å². The SMILES string of the molecule is Cc1ccccc1OC[C@H](O)C=C[C@@H]1[C@H]2CC[C@H](COCC(=O)OC(C)C)CO[C@H]2C[C@H]1O. The molecule has 6 atom stereocenters. The number of benzene rings is 1. The number of aliphatic hydroxyl groups excluding tert-OH is 2. The molecule has 0 radical (unpaired) electrons. The summed E-state index contributed by atoms with van der Waals surface area (Å²) in [4.78, 5) is 11.6. The summed E-state index contributed by atoms with van der Waals surface area (Å²) in [5, 5.41) is 20.9. The zero-order valence-corrected chi connectivity index (χ0v) is 19.9. The Bertz CT molecular complexity index is 778. The van der Waals surface area contributed by atoms with Crippen LogP contribution in [0.4, 0.5) is 0 Å². The minimum Gasteiger partial charge on any atom is -0.490 e. The minimum atomic E-state index is -0.755.